The lowest BCUT2D eigenvalue weighted by Crippen LogP contribution is -2.31. The molecule has 1 heterocycles. The van der Waals surface area contributed by atoms with Crippen LogP contribution < -0.4 is 4.74 Å². The first-order valence-corrected chi connectivity index (χ1v) is 7.72. The number of hydrogen-bond acceptors (Lipinski definition) is 2. The maximum Gasteiger partial charge on any atom is 0.119 e. The minimum Gasteiger partial charge on any atom is -0.492 e. The first kappa shape index (κ1) is 14.2. The van der Waals surface area contributed by atoms with Crippen molar-refractivity contribution in [3.8, 4) is 5.75 Å². The molecule has 3 rings (SSSR count). The predicted molar refractivity (Wildman–Crippen MR) is 86.8 cm³/mol. The smallest absolute Gasteiger partial charge is 0.119 e. The molecule has 1 atom stereocenters. The molecular weight excluding hydrogens is 258 g/mol. The summed E-state index contributed by atoms with van der Waals surface area (Å²) in [5.74, 6) is 0.961. The standard InChI is InChI=1S/C19H23NO/c1-19(17-8-4-2-5-9-17)12-13-20(16-19)14-15-21-18-10-6-3-7-11-18/h2-11H,12-16H2,1H3. The van der Waals surface area contributed by atoms with E-state index in [-0.39, 0.29) is 5.41 Å². The van der Waals surface area contributed by atoms with Crippen molar-refractivity contribution in [3.63, 3.8) is 0 Å². The second-order valence-electron chi connectivity index (χ2n) is 6.11. The van der Waals surface area contributed by atoms with Crippen LogP contribution in [0.1, 0.15) is 18.9 Å². The van der Waals surface area contributed by atoms with Crippen LogP contribution in [0.15, 0.2) is 60.7 Å². The van der Waals surface area contributed by atoms with Crippen LogP contribution >= 0.6 is 0 Å². The Balaban J connectivity index is 1.51. The van der Waals surface area contributed by atoms with Gasteiger partial charge in [-0.15, -0.1) is 0 Å². The molecule has 0 saturated carbocycles. The summed E-state index contributed by atoms with van der Waals surface area (Å²) >= 11 is 0. The van der Waals surface area contributed by atoms with Gasteiger partial charge in [-0.1, -0.05) is 55.5 Å². The molecule has 0 amide bonds. The van der Waals surface area contributed by atoms with Crippen molar-refractivity contribution < 1.29 is 4.74 Å². The lowest BCUT2D eigenvalue weighted by molar-refractivity contribution is 0.230. The van der Waals surface area contributed by atoms with E-state index in [1.807, 2.05) is 30.3 Å². The molecule has 1 aliphatic heterocycles. The third-order valence-corrected chi connectivity index (χ3v) is 4.44. The Morgan fingerprint density at radius 2 is 1.67 bits per heavy atom. The van der Waals surface area contributed by atoms with Gasteiger partial charge in [-0.2, -0.15) is 0 Å². The van der Waals surface area contributed by atoms with Crippen LogP contribution in [0.3, 0.4) is 0 Å². The van der Waals surface area contributed by atoms with E-state index < -0.39 is 0 Å². The van der Waals surface area contributed by atoms with E-state index in [9.17, 15) is 0 Å². The zero-order valence-corrected chi connectivity index (χ0v) is 12.7. The number of benzene rings is 2. The predicted octanol–water partition coefficient (Wildman–Crippen LogP) is 3.73. The summed E-state index contributed by atoms with van der Waals surface area (Å²) in [4.78, 5) is 2.51. The number of para-hydroxylation sites is 1. The van der Waals surface area contributed by atoms with Crippen molar-refractivity contribution in [2.75, 3.05) is 26.2 Å². The van der Waals surface area contributed by atoms with E-state index in [2.05, 4.69) is 42.2 Å². The summed E-state index contributed by atoms with van der Waals surface area (Å²) in [5, 5.41) is 0. The molecule has 0 aliphatic carbocycles. The highest BCUT2D eigenvalue weighted by molar-refractivity contribution is 5.26. The molecular formula is C19H23NO. The molecule has 0 bridgehead atoms. The average Bonchev–Trinajstić information content (AvgIpc) is 2.92. The van der Waals surface area contributed by atoms with E-state index in [4.69, 9.17) is 4.74 Å². The SMILES string of the molecule is CC1(c2ccccc2)CCN(CCOc2ccccc2)C1. The van der Waals surface area contributed by atoms with Crippen LogP contribution in [-0.4, -0.2) is 31.1 Å². The fourth-order valence-electron chi connectivity index (χ4n) is 3.13. The Bertz CT molecular complexity index is 554. The molecule has 110 valence electrons. The van der Waals surface area contributed by atoms with Gasteiger partial charge in [0.25, 0.3) is 0 Å². The molecule has 1 fully saturated rings. The van der Waals surface area contributed by atoms with E-state index in [1.165, 1.54) is 12.0 Å². The summed E-state index contributed by atoms with van der Waals surface area (Å²) in [5.41, 5.74) is 1.74. The van der Waals surface area contributed by atoms with Crippen LogP contribution in [0.5, 0.6) is 5.75 Å². The van der Waals surface area contributed by atoms with Gasteiger partial charge >= 0.3 is 0 Å². The molecule has 0 aromatic heterocycles. The topological polar surface area (TPSA) is 12.5 Å². The zero-order valence-electron chi connectivity index (χ0n) is 12.7. The van der Waals surface area contributed by atoms with Gasteiger partial charge in [0.15, 0.2) is 0 Å². The second kappa shape index (κ2) is 6.31. The van der Waals surface area contributed by atoms with Crippen molar-refractivity contribution >= 4 is 0 Å². The highest BCUT2D eigenvalue weighted by atomic mass is 16.5. The molecule has 2 aromatic carbocycles. The van der Waals surface area contributed by atoms with E-state index in [0.29, 0.717) is 0 Å². The van der Waals surface area contributed by atoms with Gasteiger partial charge in [-0.05, 0) is 30.7 Å². The van der Waals surface area contributed by atoms with Gasteiger partial charge < -0.3 is 4.74 Å². The summed E-state index contributed by atoms with van der Waals surface area (Å²) in [7, 11) is 0. The van der Waals surface area contributed by atoms with Gasteiger partial charge in [0.05, 0.1) is 0 Å². The van der Waals surface area contributed by atoms with Crippen molar-refractivity contribution in [2.24, 2.45) is 0 Å². The number of rotatable bonds is 5. The van der Waals surface area contributed by atoms with Crippen LogP contribution in [0.4, 0.5) is 0 Å². The Morgan fingerprint density at radius 3 is 2.38 bits per heavy atom. The normalized spacial score (nSPS) is 22.3. The number of nitrogens with zero attached hydrogens (tertiary/aromatic N) is 1. The van der Waals surface area contributed by atoms with Gasteiger partial charge in [0.1, 0.15) is 12.4 Å². The van der Waals surface area contributed by atoms with Crippen molar-refractivity contribution in [1.82, 2.24) is 4.90 Å². The second-order valence-corrected chi connectivity index (χ2v) is 6.11. The van der Waals surface area contributed by atoms with Crippen molar-refractivity contribution in [2.45, 2.75) is 18.8 Å². The van der Waals surface area contributed by atoms with Crippen molar-refractivity contribution in [3.05, 3.63) is 66.2 Å². The van der Waals surface area contributed by atoms with Crippen molar-refractivity contribution in [1.29, 1.82) is 0 Å². The maximum absolute atomic E-state index is 5.80. The van der Waals surface area contributed by atoms with Crippen LogP contribution in [0.2, 0.25) is 0 Å². The largest absolute Gasteiger partial charge is 0.492 e. The number of hydrogen-bond donors (Lipinski definition) is 0. The van der Waals surface area contributed by atoms with Crippen LogP contribution in [0, 0.1) is 0 Å². The Kier molecular flexibility index (Phi) is 4.26. The summed E-state index contributed by atoms with van der Waals surface area (Å²) < 4.78 is 5.80. The molecule has 1 aliphatic rings. The first-order valence-electron chi connectivity index (χ1n) is 7.72. The first-order chi connectivity index (χ1) is 10.3. The quantitative estimate of drug-likeness (QED) is 0.828. The third-order valence-electron chi connectivity index (χ3n) is 4.44. The Labute approximate surface area is 127 Å². The third kappa shape index (κ3) is 3.45. The summed E-state index contributed by atoms with van der Waals surface area (Å²) in [6.07, 6.45) is 1.22. The van der Waals surface area contributed by atoms with E-state index >= 15 is 0 Å². The van der Waals surface area contributed by atoms with Crippen LogP contribution in [-0.2, 0) is 5.41 Å². The maximum atomic E-state index is 5.80. The highest BCUT2D eigenvalue weighted by Gasteiger charge is 2.34. The molecule has 2 nitrogen and oxygen atoms in total. The highest BCUT2D eigenvalue weighted by Crippen LogP contribution is 2.33. The molecule has 1 saturated heterocycles. The summed E-state index contributed by atoms with van der Waals surface area (Å²) in [6.45, 7) is 6.41. The molecule has 2 heteroatoms. The van der Waals surface area contributed by atoms with E-state index in [0.717, 1.165) is 32.0 Å². The van der Waals surface area contributed by atoms with Gasteiger partial charge in [0.2, 0.25) is 0 Å². The fourth-order valence-corrected chi connectivity index (χ4v) is 3.13. The number of likely N-dealkylation sites (tertiary alicyclic amines) is 1. The average molecular weight is 281 g/mol. The lowest BCUT2D eigenvalue weighted by atomic mass is 9.82. The van der Waals surface area contributed by atoms with Gasteiger partial charge in [0, 0.05) is 18.5 Å². The van der Waals surface area contributed by atoms with Gasteiger partial charge in [-0.3, -0.25) is 4.90 Å². The van der Waals surface area contributed by atoms with E-state index in [1.54, 1.807) is 0 Å². The monoisotopic (exact) mass is 281 g/mol. The fraction of sp³-hybridized carbons (Fsp3) is 0.368. The summed E-state index contributed by atoms with van der Waals surface area (Å²) in [6, 6.07) is 20.9. The molecule has 0 radical (unpaired) electrons. The minimum atomic E-state index is 0.286. The zero-order chi connectivity index (χ0) is 14.5. The minimum absolute atomic E-state index is 0.286. The Morgan fingerprint density at radius 1 is 1.00 bits per heavy atom. The molecule has 0 N–H and O–H groups in total. The van der Waals surface area contributed by atoms with Crippen LogP contribution in [0.25, 0.3) is 0 Å². The lowest BCUT2D eigenvalue weighted by Gasteiger charge is -2.25. The number of ether oxygens (including phenoxy) is 1. The molecule has 21 heavy (non-hydrogen) atoms. The van der Waals surface area contributed by atoms with Gasteiger partial charge in [-0.25, -0.2) is 0 Å². The molecule has 0 spiro atoms. The Hall–Kier alpha value is -1.80. The molecule has 2 aromatic rings. The molecule has 1 unspecified atom stereocenters.